The number of aryl methyl sites for hydroxylation is 1. The predicted octanol–water partition coefficient (Wildman–Crippen LogP) is 0.825. The number of urea groups is 1. The van der Waals surface area contributed by atoms with E-state index in [0.717, 1.165) is 26.3 Å². The number of amides is 2. The molecular weight excluding hydrogens is 248 g/mol. The maximum absolute atomic E-state index is 11.7. The quantitative estimate of drug-likeness (QED) is 0.845. The van der Waals surface area contributed by atoms with Crippen molar-refractivity contribution in [2.45, 2.75) is 19.9 Å². The van der Waals surface area contributed by atoms with Gasteiger partial charge in [0, 0.05) is 31.7 Å². The molecule has 0 spiro atoms. The molecular formula is C12H20N4O3. The highest BCUT2D eigenvalue weighted by Crippen LogP contribution is 2.06. The Morgan fingerprint density at radius 3 is 2.89 bits per heavy atom. The second-order valence-electron chi connectivity index (χ2n) is 4.66. The third kappa shape index (κ3) is 4.22. The van der Waals surface area contributed by atoms with E-state index >= 15 is 0 Å². The summed E-state index contributed by atoms with van der Waals surface area (Å²) in [6.45, 7) is 7.79. The highest BCUT2D eigenvalue weighted by molar-refractivity contribution is 5.88. The van der Waals surface area contributed by atoms with E-state index in [1.54, 1.807) is 13.0 Å². The molecule has 0 aromatic carbocycles. The Bertz CT molecular complexity index is 415. The summed E-state index contributed by atoms with van der Waals surface area (Å²) in [6, 6.07) is 1.69. The van der Waals surface area contributed by atoms with Gasteiger partial charge in [-0.3, -0.25) is 10.2 Å². The Morgan fingerprint density at radius 2 is 2.26 bits per heavy atom. The predicted molar refractivity (Wildman–Crippen MR) is 70.1 cm³/mol. The van der Waals surface area contributed by atoms with E-state index in [2.05, 4.69) is 27.6 Å². The van der Waals surface area contributed by atoms with Gasteiger partial charge in [-0.1, -0.05) is 5.16 Å². The molecule has 1 aliphatic rings. The molecule has 7 heteroatoms. The van der Waals surface area contributed by atoms with Gasteiger partial charge in [0.2, 0.25) is 0 Å². The minimum Gasteiger partial charge on any atom is -0.379 e. The largest absolute Gasteiger partial charge is 0.379 e. The van der Waals surface area contributed by atoms with Crippen LogP contribution < -0.4 is 10.6 Å². The monoisotopic (exact) mass is 268 g/mol. The van der Waals surface area contributed by atoms with Gasteiger partial charge in [0.15, 0.2) is 5.82 Å². The molecule has 1 atom stereocenters. The van der Waals surface area contributed by atoms with Gasteiger partial charge in [0.05, 0.1) is 13.2 Å². The van der Waals surface area contributed by atoms with Gasteiger partial charge in [0.25, 0.3) is 0 Å². The zero-order valence-corrected chi connectivity index (χ0v) is 11.3. The Kier molecular flexibility index (Phi) is 4.75. The molecule has 1 aromatic rings. The first-order chi connectivity index (χ1) is 9.15. The first-order valence-electron chi connectivity index (χ1n) is 6.45. The van der Waals surface area contributed by atoms with Gasteiger partial charge in [-0.05, 0) is 13.8 Å². The van der Waals surface area contributed by atoms with Crippen LogP contribution in [0.3, 0.4) is 0 Å². The summed E-state index contributed by atoms with van der Waals surface area (Å²) in [4.78, 5) is 14.0. The van der Waals surface area contributed by atoms with Crippen molar-refractivity contribution in [1.82, 2.24) is 15.4 Å². The fourth-order valence-corrected chi connectivity index (χ4v) is 1.97. The molecule has 2 N–H and O–H groups in total. The summed E-state index contributed by atoms with van der Waals surface area (Å²) >= 11 is 0. The summed E-state index contributed by atoms with van der Waals surface area (Å²) in [6.07, 6.45) is 0. The molecule has 2 heterocycles. The molecule has 1 unspecified atom stereocenters. The van der Waals surface area contributed by atoms with Crippen LogP contribution in [0.15, 0.2) is 10.6 Å². The van der Waals surface area contributed by atoms with Crippen LogP contribution in [0.4, 0.5) is 10.6 Å². The minimum absolute atomic E-state index is 0.270. The van der Waals surface area contributed by atoms with Crippen LogP contribution in [0, 0.1) is 6.92 Å². The average Bonchev–Trinajstić information content (AvgIpc) is 2.82. The van der Waals surface area contributed by atoms with Crippen molar-refractivity contribution in [3.05, 3.63) is 11.8 Å². The van der Waals surface area contributed by atoms with Crippen molar-refractivity contribution in [2.24, 2.45) is 0 Å². The third-order valence-electron chi connectivity index (χ3n) is 3.10. The lowest BCUT2D eigenvalue weighted by atomic mass is 10.2. The zero-order chi connectivity index (χ0) is 13.7. The summed E-state index contributed by atoms with van der Waals surface area (Å²) in [7, 11) is 0. The van der Waals surface area contributed by atoms with Crippen molar-refractivity contribution in [1.29, 1.82) is 0 Å². The number of ether oxygens (including phenoxy) is 1. The topological polar surface area (TPSA) is 79.6 Å². The zero-order valence-electron chi connectivity index (χ0n) is 11.3. The van der Waals surface area contributed by atoms with E-state index in [-0.39, 0.29) is 12.1 Å². The molecule has 106 valence electrons. The number of morpholine rings is 1. The molecule has 7 nitrogen and oxygen atoms in total. The normalized spacial score (nSPS) is 18.0. The van der Waals surface area contributed by atoms with Crippen LogP contribution in [0.2, 0.25) is 0 Å². The summed E-state index contributed by atoms with van der Waals surface area (Å²) in [5, 5.41) is 9.14. The van der Waals surface area contributed by atoms with Gasteiger partial charge < -0.3 is 14.6 Å². The van der Waals surface area contributed by atoms with Crippen molar-refractivity contribution in [3.8, 4) is 0 Å². The molecule has 1 aromatic heterocycles. The van der Waals surface area contributed by atoms with Gasteiger partial charge in [-0.25, -0.2) is 4.79 Å². The molecule has 0 radical (unpaired) electrons. The average molecular weight is 268 g/mol. The highest BCUT2D eigenvalue weighted by Gasteiger charge is 2.17. The lowest BCUT2D eigenvalue weighted by Gasteiger charge is -2.32. The molecule has 1 aliphatic heterocycles. The molecule has 1 saturated heterocycles. The molecule has 19 heavy (non-hydrogen) atoms. The summed E-state index contributed by atoms with van der Waals surface area (Å²) in [5.41, 5.74) is 0. The van der Waals surface area contributed by atoms with E-state index in [4.69, 9.17) is 9.26 Å². The van der Waals surface area contributed by atoms with Crippen LogP contribution >= 0.6 is 0 Å². The summed E-state index contributed by atoms with van der Waals surface area (Å²) < 4.78 is 10.2. The lowest BCUT2D eigenvalue weighted by molar-refractivity contribution is 0.0209. The van der Waals surface area contributed by atoms with Crippen LogP contribution in [0.25, 0.3) is 0 Å². The Morgan fingerprint density at radius 1 is 1.53 bits per heavy atom. The van der Waals surface area contributed by atoms with Crippen molar-refractivity contribution < 1.29 is 14.1 Å². The van der Waals surface area contributed by atoms with Crippen molar-refractivity contribution >= 4 is 11.8 Å². The first-order valence-corrected chi connectivity index (χ1v) is 6.45. The van der Waals surface area contributed by atoms with E-state index in [9.17, 15) is 4.79 Å². The maximum Gasteiger partial charge on any atom is 0.320 e. The van der Waals surface area contributed by atoms with Crippen LogP contribution in [-0.2, 0) is 4.74 Å². The number of nitrogens with one attached hydrogen (secondary N) is 2. The lowest BCUT2D eigenvalue weighted by Crippen LogP contribution is -2.47. The van der Waals surface area contributed by atoms with Crippen LogP contribution in [-0.4, -0.2) is 55.0 Å². The van der Waals surface area contributed by atoms with Crippen LogP contribution in [0.5, 0.6) is 0 Å². The third-order valence-corrected chi connectivity index (χ3v) is 3.10. The standard InChI is InChI=1S/C12H20N4O3/c1-9(16-3-5-18-6-4-16)8-13-12(17)14-11-7-10(2)19-15-11/h7,9H,3-6,8H2,1-2H3,(H2,13,14,15,17). The van der Waals surface area contributed by atoms with Gasteiger partial charge in [-0.15, -0.1) is 0 Å². The molecule has 1 fully saturated rings. The smallest absolute Gasteiger partial charge is 0.320 e. The maximum atomic E-state index is 11.7. The number of carbonyl (C=O) groups is 1. The Labute approximate surface area is 112 Å². The van der Waals surface area contributed by atoms with Gasteiger partial charge in [-0.2, -0.15) is 0 Å². The number of aromatic nitrogens is 1. The van der Waals surface area contributed by atoms with E-state index < -0.39 is 0 Å². The fourth-order valence-electron chi connectivity index (χ4n) is 1.97. The first kappa shape index (κ1) is 13.8. The molecule has 0 bridgehead atoms. The summed E-state index contributed by atoms with van der Waals surface area (Å²) in [5.74, 6) is 1.09. The van der Waals surface area contributed by atoms with E-state index in [1.165, 1.54) is 0 Å². The minimum atomic E-state index is -0.270. The van der Waals surface area contributed by atoms with Crippen LogP contribution in [0.1, 0.15) is 12.7 Å². The number of rotatable bonds is 4. The van der Waals surface area contributed by atoms with Gasteiger partial charge >= 0.3 is 6.03 Å². The number of hydrogen-bond donors (Lipinski definition) is 2. The van der Waals surface area contributed by atoms with E-state index in [1.807, 2.05) is 0 Å². The van der Waals surface area contributed by atoms with E-state index in [0.29, 0.717) is 18.1 Å². The van der Waals surface area contributed by atoms with Crippen molar-refractivity contribution in [3.63, 3.8) is 0 Å². The SMILES string of the molecule is Cc1cc(NC(=O)NCC(C)N2CCOCC2)no1. The Hall–Kier alpha value is -1.60. The number of anilines is 1. The molecule has 0 saturated carbocycles. The number of nitrogens with zero attached hydrogens (tertiary/aromatic N) is 2. The highest BCUT2D eigenvalue weighted by atomic mass is 16.5. The second-order valence-corrected chi connectivity index (χ2v) is 4.66. The van der Waals surface area contributed by atoms with Crippen molar-refractivity contribution in [2.75, 3.05) is 38.2 Å². The fraction of sp³-hybridized carbons (Fsp3) is 0.667. The Balaban J connectivity index is 1.70. The molecule has 2 rings (SSSR count). The molecule has 2 amide bonds. The second kappa shape index (κ2) is 6.53. The van der Waals surface area contributed by atoms with Gasteiger partial charge in [0.1, 0.15) is 5.76 Å². The number of carbonyl (C=O) groups excluding carboxylic acids is 1. The number of hydrogen-bond acceptors (Lipinski definition) is 5. The molecule has 0 aliphatic carbocycles.